The number of hydrogen-bond donors (Lipinski definition) is 1. The van der Waals surface area contributed by atoms with Crippen molar-refractivity contribution in [2.24, 2.45) is 5.92 Å². The fourth-order valence-electron chi connectivity index (χ4n) is 4.64. The Morgan fingerprint density at radius 1 is 1.28 bits per heavy atom. The molecule has 1 aliphatic carbocycles. The van der Waals surface area contributed by atoms with Crippen LogP contribution in [0.2, 0.25) is 10.0 Å². The number of hydrogen-bond acceptors (Lipinski definition) is 5. The van der Waals surface area contributed by atoms with E-state index in [-0.39, 0.29) is 23.6 Å². The lowest BCUT2D eigenvalue weighted by Gasteiger charge is -2.31. The second-order valence-corrected chi connectivity index (χ2v) is 9.32. The maximum atomic E-state index is 13.2. The predicted molar refractivity (Wildman–Crippen MR) is 121 cm³/mol. The maximum absolute atomic E-state index is 13.2. The molecule has 1 N–H and O–H groups in total. The minimum absolute atomic E-state index is 0.0101. The molecule has 0 radical (unpaired) electrons. The number of benzene rings is 1. The van der Waals surface area contributed by atoms with Crippen molar-refractivity contribution in [2.75, 3.05) is 13.2 Å². The van der Waals surface area contributed by atoms with Crippen LogP contribution in [0.4, 0.5) is 4.79 Å². The van der Waals surface area contributed by atoms with Crippen molar-refractivity contribution in [2.45, 2.75) is 57.9 Å². The Hall–Kier alpha value is -2.25. The van der Waals surface area contributed by atoms with Crippen LogP contribution in [0.15, 0.2) is 18.3 Å². The Morgan fingerprint density at radius 3 is 2.75 bits per heavy atom. The van der Waals surface area contributed by atoms with Crippen molar-refractivity contribution in [1.29, 1.82) is 0 Å². The number of ether oxygens (including phenoxy) is 1. The fraction of sp³-hybridized carbons (Fsp3) is 0.522. The van der Waals surface area contributed by atoms with Crippen LogP contribution in [0.25, 0.3) is 0 Å². The summed E-state index contributed by atoms with van der Waals surface area (Å²) in [5.41, 5.74) is 2.57. The standard InChI is InChI=1S/C23H27Cl2N3O4/c1-2-3-8-32-23(31)28-21-5-4-16(9-15(21)13-26-28)27-7-6-14(22(27)30)10-18-19(24)11-17(29)12-20(18)25/h11-14,16,29H,2-10H2,1H3/t14-,16?/m0/s1. The summed E-state index contributed by atoms with van der Waals surface area (Å²) in [7, 11) is 0. The number of unbranched alkanes of at least 4 members (excludes halogenated alkanes) is 1. The molecule has 9 heteroatoms. The van der Waals surface area contributed by atoms with Crippen molar-refractivity contribution < 1.29 is 19.4 Å². The highest BCUT2D eigenvalue weighted by atomic mass is 35.5. The van der Waals surface area contributed by atoms with Gasteiger partial charge in [-0.05, 0) is 61.8 Å². The number of phenols is 1. The number of aromatic nitrogens is 2. The van der Waals surface area contributed by atoms with E-state index in [0.717, 1.165) is 36.9 Å². The van der Waals surface area contributed by atoms with Gasteiger partial charge in [-0.25, -0.2) is 4.79 Å². The third-order valence-electron chi connectivity index (χ3n) is 6.39. The first kappa shape index (κ1) is 22.9. The van der Waals surface area contributed by atoms with Gasteiger partial charge >= 0.3 is 6.09 Å². The monoisotopic (exact) mass is 479 g/mol. The van der Waals surface area contributed by atoms with E-state index in [2.05, 4.69) is 5.10 Å². The van der Waals surface area contributed by atoms with Crippen molar-refractivity contribution in [3.63, 3.8) is 0 Å². The van der Waals surface area contributed by atoms with Crippen LogP contribution in [-0.2, 0) is 28.8 Å². The average molecular weight is 480 g/mol. The molecule has 4 rings (SSSR count). The van der Waals surface area contributed by atoms with E-state index >= 15 is 0 Å². The summed E-state index contributed by atoms with van der Waals surface area (Å²) >= 11 is 12.5. The van der Waals surface area contributed by atoms with Gasteiger partial charge in [-0.2, -0.15) is 9.78 Å². The largest absolute Gasteiger partial charge is 0.508 e. The van der Waals surface area contributed by atoms with Crippen LogP contribution >= 0.6 is 23.2 Å². The van der Waals surface area contributed by atoms with E-state index in [4.69, 9.17) is 27.9 Å². The van der Waals surface area contributed by atoms with Gasteiger partial charge in [-0.1, -0.05) is 36.5 Å². The van der Waals surface area contributed by atoms with Gasteiger partial charge in [-0.3, -0.25) is 4.79 Å². The van der Waals surface area contributed by atoms with Gasteiger partial charge in [0.15, 0.2) is 0 Å². The number of carbonyl (C=O) groups is 2. The van der Waals surface area contributed by atoms with Crippen LogP contribution in [-0.4, -0.2) is 51.0 Å². The Labute approximate surface area is 197 Å². The molecule has 0 bridgehead atoms. The number of rotatable bonds is 6. The number of halogens is 2. The first-order valence-electron chi connectivity index (χ1n) is 11.1. The summed E-state index contributed by atoms with van der Waals surface area (Å²) in [4.78, 5) is 27.4. The van der Waals surface area contributed by atoms with Gasteiger partial charge in [0.05, 0.1) is 18.5 Å². The van der Waals surface area contributed by atoms with Crippen LogP contribution in [0.5, 0.6) is 5.75 Å². The van der Waals surface area contributed by atoms with Gasteiger partial charge in [0, 0.05) is 28.5 Å². The molecular formula is C23H27Cl2N3O4. The van der Waals surface area contributed by atoms with E-state index in [1.54, 1.807) is 6.20 Å². The summed E-state index contributed by atoms with van der Waals surface area (Å²) in [6, 6.07) is 2.99. The van der Waals surface area contributed by atoms with E-state index in [1.165, 1.54) is 16.8 Å². The highest BCUT2D eigenvalue weighted by molar-refractivity contribution is 6.36. The van der Waals surface area contributed by atoms with Crippen molar-refractivity contribution in [3.8, 4) is 5.75 Å². The molecule has 172 valence electrons. The van der Waals surface area contributed by atoms with Gasteiger partial charge in [0.25, 0.3) is 0 Å². The molecule has 1 saturated heterocycles. The van der Waals surface area contributed by atoms with E-state index in [1.807, 2.05) is 11.8 Å². The highest BCUT2D eigenvalue weighted by Gasteiger charge is 2.38. The molecule has 1 unspecified atom stereocenters. The first-order chi connectivity index (χ1) is 15.4. The number of aromatic hydroxyl groups is 1. The molecule has 2 aromatic rings. The van der Waals surface area contributed by atoms with Crippen LogP contribution in [0, 0.1) is 5.92 Å². The summed E-state index contributed by atoms with van der Waals surface area (Å²) < 4.78 is 6.66. The van der Waals surface area contributed by atoms with Crippen molar-refractivity contribution in [1.82, 2.24) is 14.7 Å². The lowest BCUT2D eigenvalue weighted by molar-refractivity contribution is -0.133. The van der Waals surface area contributed by atoms with Gasteiger partial charge in [-0.15, -0.1) is 0 Å². The number of carbonyl (C=O) groups excluding carboxylic acids is 2. The minimum atomic E-state index is -0.432. The Balaban J connectivity index is 1.40. The zero-order valence-corrected chi connectivity index (χ0v) is 19.5. The van der Waals surface area contributed by atoms with Gasteiger partial charge in [0.2, 0.25) is 5.91 Å². The molecule has 1 aromatic carbocycles. The second-order valence-electron chi connectivity index (χ2n) is 8.50. The fourth-order valence-corrected chi connectivity index (χ4v) is 5.27. The molecule has 1 aliphatic heterocycles. The summed E-state index contributed by atoms with van der Waals surface area (Å²) in [5, 5.41) is 14.6. The molecular weight excluding hydrogens is 453 g/mol. The smallest absolute Gasteiger partial charge is 0.434 e. The first-order valence-corrected chi connectivity index (χ1v) is 11.8. The average Bonchev–Trinajstić information content (AvgIpc) is 3.33. The quantitative estimate of drug-likeness (QED) is 0.610. The molecule has 2 atom stereocenters. The lowest BCUT2D eigenvalue weighted by atomic mass is 9.92. The highest BCUT2D eigenvalue weighted by Crippen LogP contribution is 2.35. The Bertz CT molecular complexity index is 1000. The number of likely N-dealkylation sites (tertiary alicyclic amines) is 1. The van der Waals surface area contributed by atoms with Crippen molar-refractivity contribution >= 4 is 35.2 Å². The molecule has 0 saturated carbocycles. The zero-order chi connectivity index (χ0) is 22.8. The van der Waals surface area contributed by atoms with Crippen LogP contribution in [0.1, 0.15) is 49.4 Å². The lowest BCUT2D eigenvalue weighted by Crippen LogP contribution is -2.41. The number of amides is 1. The number of fused-ring (bicyclic) bond motifs is 1. The zero-order valence-electron chi connectivity index (χ0n) is 18.0. The number of phenolic OH excluding ortho intramolecular Hbond substituents is 1. The Morgan fingerprint density at radius 2 is 2.03 bits per heavy atom. The third-order valence-corrected chi connectivity index (χ3v) is 7.06. The predicted octanol–water partition coefficient (Wildman–Crippen LogP) is 4.63. The summed E-state index contributed by atoms with van der Waals surface area (Å²) in [6.07, 6.45) is 6.39. The third kappa shape index (κ3) is 4.59. The summed E-state index contributed by atoms with van der Waals surface area (Å²) in [5.74, 6) is -0.0758. The molecule has 1 fully saturated rings. The van der Waals surface area contributed by atoms with E-state index < -0.39 is 6.09 Å². The number of nitrogens with zero attached hydrogens (tertiary/aromatic N) is 3. The molecule has 0 spiro atoms. The molecule has 1 aromatic heterocycles. The van der Waals surface area contributed by atoms with E-state index in [0.29, 0.717) is 48.0 Å². The minimum Gasteiger partial charge on any atom is -0.508 e. The maximum Gasteiger partial charge on any atom is 0.434 e. The van der Waals surface area contributed by atoms with E-state index in [9.17, 15) is 14.7 Å². The van der Waals surface area contributed by atoms with Gasteiger partial charge < -0.3 is 14.7 Å². The van der Waals surface area contributed by atoms with Crippen molar-refractivity contribution in [3.05, 3.63) is 45.2 Å². The second kappa shape index (κ2) is 9.71. The topological polar surface area (TPSA) is 84.7 Å². The molecule has 32 heavy (non-hydrogen) atoms. The molecule has 7 nitrogen and oxygen atoms in total. The van der Waals surface area contributed by atoms with Gasteiger partial charge in [0.1, 0.15) is 5.75 Å². The molecule has 1 amide bonds. The van der Waals surface area contributed by atoms with Crippen LogP contribution in [0.3, 0.4) is 0 Å². The molecule has 2 aliphatic rings. The Kier molecular flexibility index (Phi) is 6.96. The SMILES string of the molecule is CCCCOC(=O)n1ncc2c1CCC(N1CC[C@@H](Cc3c(Cl)cc(O)cc3Cl)C1=O)C2. The van der Waals surface area contributed by atoms with Crippen LogP contribution < -0.4 is 0 Å². The molecule has 2 heterocycles. The summed E-state index contributed by atoms with van der Waals surface area (Å²) in [6.45, 7) is 3.12. The normalized spacial score (nSPS) is 20.5.